The van der Waals surface area contributed by atoms with Gasteiger partial charge in [0.05, 0.1) is 0 Å². The third kappa shape index (κ3) is 2.21. The van der Waals surface area contributed by atoms with Gasteiger partial charge in [0.25, 0.3) is 0 Å². The van der Waals surface area contributed by atoms with E-state index in [0.29, 0.717) is 6.42 Å². The van der Waals surface area contributed by atoms with Gasteiger partial charge in [-0.2, -0.15) is 0 Å². The van der Waals surface area contributed by atoms with Crippen molar-refractivity contribution in [3.8, 4) is 0 Å². The highest BCUT2D eigenvalue weighted by Crippen LogP contribution is 2.18. The molecule has 2 aromatic rings. The molecule has 7 N–H and O–H groups in total. The van der Waals surface area contributed by atoms with E-state index < -0.39 is 12.0 Å². The molecule has 86 valence electrons. The molecule has 0 aliphatic rings. The minimum atomic E-state index is -0.972. The maximum absolute atomic E-state index is 10.6. The summed E-state index contributed by atoms with van der Waals surface area (Å²) in [7, 11) is 0. The monoisotopic (exact) mass is 221 g/mol. The molecule has 5 heteroatoms. The first-order valence-electron chi connectivity index (χ1n) is 4.72. The average molecular weight is 221 g/mol. The van der Waals surface area contributed by atoms with Crippen LogP contribution in [0, 0.1) is 0 Å². The van der Waals surface area contributed by atoms with E-state index in [1.807, 2.05) is 30.5 Å². The van der Waals surface area contributed by atoms with Crippen molar-refractivity contribution in [1.29, 1.82) is 0 Å². The number of carbonyl (C=O) groups is 1. The molecular formula is C11H15N3O2. The molecule has 0 fully saturated rings. The Morgan fingerprint density at radius 1 is 1.44 bits per heavy atom. The number of fused-ring (bicyclic) bond motifs is 1. The highest BCUT2D eigenvalue weighted by atomic mass is 16.4. The highest BCUT2D eigenvalue weighted by molar-refractivity contribution is 5.84. The molecular weight excluding hydrogens is 206 g/mol. The highest BCUT2D eigenvalue weighted by Gasteiger charge is 2.14. The summed E-state index contributed by atoms with van der Waals surface area (Å²) in [5, 5.41) is 9.75. The number of rotatable bonds is 3. The molecule has 1 aromatic carbocycles. The van der Waals surface area contributed by atoms with Gasteiger partial charge in [-0.05, 0) is 11.6 Å². The summed E-state index contributed by atoms with van der Waals surface area (Å²) in [5.41, 5.74) is 7.43. The molecule has 1 heterocycles. The van der Waals surface area contributed by atoms with Gasteiger partial charge < -0.3 is 22.0 Å². The summed E-state index contributed by atoms with van der Waals surface area (Å²) in [6.07, 6.45) is 2.16. The van der Waals surface area contributed by atoms with Crippen molar-refractivity contribution in [2.24, 2.45) is 5.73 Å². The van der Waals surface area contributed by atoms with Crippen LogP contribution in [0.5, 0.6) is 0 Å². The first-order chi connectivity index (χ1) is 7.18. The molecule has 1 atom stereocenters. The summed E-state index contributed by atoms with van der Waals surface area (Å²) in [4.78, 5) is 13.7. The van der Waals surface area contributed by atoms with Crippen LogP contribution in [0.2, 0.25) is 0 Å². The Kier molecular flexibility index (Phi) is 3.65. The standard InChI is InChI=1S/C11H12N2O2.H3N/c12-9(11(14)15)5-7-6-13-10-4-2-1-3-8(7)10;/h1-4,6,9,13H,5,12H2,(H,14,15);1H3. The van der Waals surface area contributed by atoms with E-state index in [1.165, 1.54) is 0 Å². The van der Waals surface area contributed by atoms with E-state index in [2.05, 4.69) is 4.98 Å². The van der Waals surface area contributed by atoms with E-state index in [4.69, 9.17) is 10.8 Å². The molecule has 0 radical (unpaired) electrons. The van der Waals surface area contributed by atoms with Crippen LogP contribution < -0.4 is 11.9 Å². The largest absolute Gasteiger partial charge is 0.480 e. The number of nitrogens with one attached hydrogen (secondary N) is 1. The zero-order valence-electron chi connectivity index (χ0n) is 8.81. The number of benzene rings is 1. The van der Waals surface area contributed by atoms with Gasteiger partial charge in [-0.1, -0.05) is 18.2 Å². The van der Waals surface area contributed by atoms with Crippen LogP contribution in [0.3, 0.4) is 0 Å². The average Bonchev–Trinajstić information content (AvgIpc) is 2.62. The van der Waals surface area contributed by atoms with Gasteiger partial charge in [-0.3, -0.25) is 4.79 Å². The molecule has 2 rings (SSSR count). The quantitative estimate of drug-likeness (QED) is 0.625. The number of hydrogen-bond acceptors (Lipinski definition) is 3. The second kappa shape index (κ2) is 4.78. The first-order valence-corrected chi connectivity index (χ1v) is 4.72. The SMILES string of the molecule is N.NC(Cc1c[nH]c2ccccc12)C(=O)O. The third-order valence-electron chi connectivity index (χ3n) is 2.43. The molecule has 0 aliphatic carbocycles. The zero-order valence-corrected chi connectivity index (χ0v) is 8.81. The third-order valence-corrected chi connectivity index (χ3v) is 2.43. The van der Waals surface area contributed by atoms with E-state index in [9.17, 15) is 4.79 Å². The van der Waals surface area contributed by atoms with Gasteiger partial charge in [0.15, 0.2) is 0 Å². The summed E-state index contributed by atoms with van der Waals surface area (Å²) in [5.74, 6) is -0.972. The molecule has 1 aromatic heterocycles. The van der Waals surface area contributed by atoms with Crippen LogP contribution in [0.25, 0.3) is 10.9 Å². The van der Waals surface area contributed by atoms with Crippen LogP contribution in [0.15, 0.2) is 30.5 Å². The lowest BCUT2D eigenvalue weighted by Crippen LogP contribution is -2.32. The second-order valence-electron chi connectivity index (χ2n) is 3.51. The Hall–Kier alpha value is -1.85. The predicted molar refractivity (Wildman–Crippen MR) is 62.6 cm³/mol. The Morgan fingerprint density at radius 2 is 2.12 bits per heavy atom. The molecule has 1 unspecified atom stereocenters. The Bertz CT molecular complexity index is 493. The van der Waals surface area contributed by atoms with Crippen molar-refractivity contribution in [2.75, 3.05) is 0 Å². The van der Waals surface area contributed by atoms with E-state index in [-0.39, 0.29) is 6.15 Å². The van der Waals surface area contributed by atoms with Crippen molar-refractivity contribution in [1.82, 2.24) is 11.1 Å². The minimum Gasteiger partial charge on any atom is -0.480 e. The van der Waals surface area contributed by atoms with E-state index in [1.54, 1.807) is 0 Å². The number of para-hydroxylation sites is 1. The number of nitrogens with two attached hydrogens (primary N) is 1. The molecule has 0 amide bonds. The maximum atomic E-state index is 10.6. The summed E-state index contributed by atoms with van der Waals surface area (Å²) < 4.78 is 0. The van der Waals surface area contributed by atoms with Crippen molar-refractivity contribution in [2.45, 2.75) is 12.5 Å². The number of carboxylic acids is 1. The summed E-state index contributed by atoms with van der Waals surface area (Å²) in [6, 6.07) is 6.91. The lowest BCUT2D eigenvalue weighted by atomic mass is 10.1. The summed E-state index contributed by atoms with van der Waals surface area (Å²) in [6.45, 7) is 0. The van der Waals surface area contributed by atoms with Gasteiger partial charge in [-0.25, -0.2) is 0 Å². The topological polar surface area (TPSA) is 114 Å². The number of hydrogen-bond donors (Lipinski definition) is 4. The number of H-pyrrole nitrogens is 1. The van der Waals surface area contributed by atoms with Crippen LogP contribution in [-0.4, -0.2) is 22.1 Å². The lowest BCUT2D eigenvalue weighted by Gasteiger charge is -2.04. The van der Waals surface area contributed by atoms with Crippen LogP contribution in [-0.2, 0) is 11.2 Å². The van der Waals surface area contributed by atoms with E-state index in [0.717, 1.165) is 16.5 Å². The fraction of sp³-hybridized carbons (Fsp3) is 0.182. The number of aliphatic carboxylic acids is 1. The lowest BCUT2D eigenvalue weighted by molar-refractivity contribution is -0.138. The van der Waals surface area contributed by atoms with Crippen molar-refractivity contribution in [3.63, 3.8) is 0 Å². The van der Waals surface area contributed by atoms with Gasteiger partial charge >= 0.3 is 5.97 Å². The number of aromatic nitrogens is 1. The van der Waals surface area contributed by atoms with Gasteiger partial charge in [-0.15, -0.1) is 0 Å². The summed E-state index contributed by atoms with van der Waals surface area (Å²) >= 11 is 0. The molecule has 0 aliphatic heterocycles. The van der Waals surface area contributed by atoms with Crippen LogP contribution >= 0.6 is 0 Å². The number of aromatic amines is 1. The Balaban J connectivity index is 0.00000128. The Morgan fingerprint density at radius 3 is 2.81 bits per heavy atom. The van der Waals surface area contributed by atoms with Crippen LogP contribution in [0.4, 0.5) is 0 Å². The van der Waals surface area contributed by atoms with Gasteiger partial charge in [0.2, 0.25) is 0 Å². The van der Waals surface area contributed by atoms with Crippen molar-refractivity contribution >= 4 is 16.9 Å². The fourth-order valence-electron chi connectivity index (χ4n) is 1.62. The minimum absolute atomic E-state index is 0. The second-order valence-corrected chi connectivity index (χ2v) is 3.51. The molecule has 0 spiro atoms. The number of carboxylic acid groups (broad SMARTS) is 1. The van der Waals surface area contributed by atoms with Gasteiger partial charge in [0.1, 0.15) is 6.04 Å². The molecule has 0 saturated carbocycles. The van der Waals surface area contributed by atoms with Crippen LogP contribution in [0.1, 0.15) is 5.56 Å². The smallest absolute Gasteiger partial charge is 0.320 e. The predicted octanol–water partition coefficient (Wildman–Crippen LogP) is 1.28. The molecule has 16 heavy (non-hydrogen) atoms. The first kappa shape index (κ1) is 12.2. The molecule has 5 nitrogen and oxygen atoms in total. The zero-order chi connectivity index (χ0) is 10.8. The van der Waals surface area contributed by atoms with E-state index >= 15 is 0 Å². The Labute approximate surface area is 92.8 Å². The van der Waals surface area contributed by atoms with Crippen molar-refractivity contribution in [3.05, 3.63) is 36.0 Å². The normalized spacial score (nSPS) is 12.1. The molecule has 0 saturated heterocycles. The van der Waals surface area contributed by atoms with Gasteiger partial charge in [0, 0.05) is 23.5 Å². The molecule has 0 bridgehead atoms. The maximum Gasteiger partial charge on any atom is 0.320 e. The van der Waals surface area contributed by atoms with Crippen molar-refractivity contribution < 1.29 is 9.90 Å². The fourth-order valence-corrected chi connectivity index (χ4v) is 1.62.